The number of pyridine rings is 1. The van der Waals surface area contributed by atoms with Gasteiger partial charge in [-0.3, -0.25) is 9.78 Å². The Morgan fingerprint density at radius 2 is 1.87 bits per heavy atom. The van der Waals surface area contributed by atoms with E-state index in [2.05, 4.69) is 15.4 Å². The number of amides is 1. The molecule has 0 radical (unpaired) electrons. The van der Waals surface area contributed by atoms with Crippen LogP contribution in [0.15, 0.2) is 30.5 Å². The monoisotopic (exact) mass is 435 g/mol. The first-order valence-electron chi connectivity index (χ1n) is 10.7. The Balaban J connectivity index is 1.50. The van der Waals surface area contributed by atoms with Gasteiger partial charge in [0.2, 0.25) is 0 Å². The number of piperidine rings is 1. The molecule has 168 valence electrons. The minimum atomic E-state index is -4.36. The summed E-state index contributed by atoms with van der Waals surface area (Å²) in [6, 6.07) is 5.05. The molecule has 0 unspecified atom stereocenters. The van der Waals surface area contributed by atoms with Crippen LogP contribution in [-0.2, 0) is 0 Å². The van der Waals surface area contributed by atoms with Gasteiger partial charge < -0.3 is 10.2 Å². The topological polar surface area (TPSA) is 63.1 Å². The molecule has 1 fully saturated rings. The fraction of sp³-hybridized carbons (Fsp3) is 0.591. The van der Waals surface area contributed by atoms with E-state index in [1.807, 2.05) is 20.8 Å². The molecule has 1 saturated heterocycles. The molecule has 2 aliphatic rings. The molecule has 2 atom stereocenters. The normalized spacial score (nSPS) is 22.7. The Labute approximate surface area is 179 Å². The third-order valence-corrected chi connectivity index (χ3v) is 6.34. The zero-order valence-corrected chi connectivity index (χ0v) is 18.0. The molecular weight excluding hydrogens is 407 g/mol. The van der Waals surface area contributed by atoms with Gasteiger partial charge >= 0.3 is 6.18 Å². The van der Waals surface area contributed by atoms with E-state index in [1.165, 1.54) is 0 Å². The summed E-state index contributed by atoms with van der Waals surface area (Å²) in [6.45, 7) is 6.89. The lowest BCUT2D eigenvalue weighted by atomic mass is 9.82. The summed E-state index contributed by atoms with van der Waals surface area (Å²) in [6.07, 6.45) is -1.49. The molecule has 31 heavy (non-hydrogen) atoms. The van der Waals surface area contributed by atoms with Crippen LogP contribution < -0.4 is 5.32 Å². The van der Waals surface area contributed by atoms with Crippen molar-refractivity contribution in [3.8, 4) is 0 Å². The molecular formula is C22H28F3N5O. The van der Waals surface area contributed by atoms with E-state index in [1.54, 1.807) is 35.4 Å². The van der Waals surface area contributed by atoms with Crippen LogP contribution in [0.4, 0.5) is 19.0 Å². The van der Waals surface area contributed by atoms with Crippen molar-refractivity contribution in [2.75, 3.05) is 18.4 Å². The van der Waals surface area contributed by atoms with Gasteiger partial charge in [0.05, 0.1) is 5.69 Å². The number of hydrogen-bond acceptors (Lipinski definition) is 4. The van der Waals surface area contributed by atoms with Crippen molar-refractivity contribution in [2.45, 2.75) is 64.2 Å². The van der Waals surface area contributed by atoms with Crippen LogP contribution in [0.3, 0.4) is 0 Å². The number of alkyl halides is 3. The number of fused-ring (bicyclic) bond motifs is 1. The number of likely N-dealkylation sites (tertiary alicyclic amines) is 1. The lowest BCUT2D eigenvalue weighted by Crippen LogP contribution is -2.44. The van der Waals surface area contributed by atoms with E-state index in [-0.39, 0.29) is 29.7 Å². The molecule has 2 aliphatic heterocycles. The summed E-state index contributed by atoms with van der Waals surface area (Å²) in [7, 11) is 0. The third kappa shape index (κ3) is 4.41. The Bertz CT molecular complexity index is 927. The first-order valence-corrected chi connectivity index (χ1v) is 10.7. The first kappa shape index (κ1) is 21.6. The van der Waals surface area contributed by atoms with Crippen LogP contribution >= 0.6 is 0 Å². The summed E-state index contributed by atoms with van der Waals surface area (Å²) < 4.78 is 42.5. The van der Waals surface area contributed by atoms with Crippen molar-refractivity contribution in [1.82, 2.24) is 19.7 Å². The van der Waals surface area contributed by atoms with Crippen LogP contribution in [0.1, 0.15) is 68.2 Å². The minimum Gasteiger partial charge on any atom is -0.367 e. The third-order valence-electron chi connectivity index (χ3n) is 6.34. The molecule has 2 aromatic rings. The predicted octanol–water partition coefficient (Wildman–Crippen LogP) is 4.63. The lowest BCUT2D eigenvalue weighted by molar-refractivity contribution is -0.175. The molecule has 9 heteroatoms. The van der Waals surface area contributed by atoms with Gasteiger partial charge in [0, 0.05) is 37.3 Å². The van der Waals surface area contributed by atoms with E-state index in [0.29, 0.717) is 43.1 Å². The zero-order valence-electron chi connectivity index (χ0n) is 18.0. The Hall–Kier alpha value is -2.58. The Morgan fingerprint density at radius 3 is 2.45 bits per heavy atom. The smallest absolute Gasteiger partial charge is 0.367 e. The number of carbonyl (C=O) groups is 1. The highest BCUT2D eigenvalue weighted by molar-refractivity contribution is 5.92. The van der Waals surface area contributed by atoms with Crippen molar-refractivity contribution >= 4 is 11.7 Å². The number of nitrogens with one attached hydrogen (secondary N) is 1. The van der Waals surface area contributed by atoms with Gasteiger partial charge in [0.25, 0.3) is 5.91 Å². The number of aromatic nitrogens is 3. The zero-order chi connectivity index (χ0) is 22.4. The second kappa shape index (κ2) is 7.84. The fourth-order valence-electron chi connectivity index (χ4n) is 4.39. The van der Waals surface area contributed by atoms with Gasteiger partial charge in [-0.15, -0.1) is 0 Å². The molecule has 0 aromatic carbocycles. The average molecular weight is 435 g/mol. The highest BCUT2D eigenvalue weighted by Crippen LogP contribution is 2.44. The summed E-state index contributed by atoms with van der Waals surface area (Å²) >= 11 is 0. The quantitative estimate of drug-likeness (QED) is 0.747. The van der Waals surface area contributed by atoms with Gasteiger partial charge in [-0.05, 0) is 36.8 Å². The number of nitrogens with zero attached hydrogens (tertiary/aromatic N) is 4. The second-order valence-electron chi connectivity index (χ2n) is 9.54. The van der Waals surface area contributed by atoms with E-state index >= 15 is 0 Å². The van der Waals surface area contributed by atoms with Crippen LogP contribution in [0, 0.1) is 5.41 Å². The molecule has 0 saturated carbocycles. The Morgan fingerprint density at radius 1 is 1.16 bits per heavy atom. The minimum absolute atomic E-state index is 0.0228. The van der Waals surface area contributed by atoms with E-state index in [9.17, 15) is 18.0 Å². The highest BCUT2D eigenvalue weighted by atomic mass is 19.4. The molecule has 1 amide bonds. The summed E-state index contributed by atoms with van der Waals surface area (Å²) in [4.78, 5) is 18.5. The summed E-state index contributed by atoms with van der Waals surface area (Å²) in [5.41, 5.74) is 0.760. The van der Waals surface area contributed by atoms with Crippen LogP contribution in [-0.4, -0.2) is 50.9 Å². The van der Waals surface area contributed by atoms with E-state index in [4.69, 9.17) is 0 Å². The highest BCUT2D eigenvalue weighted by Gasteiger charge is 2.48. The lowest BCUT2D eigenvalue weighted by Gasteiger charge is -2.39. The van der Waals surface area contributed by atoms with Gasteiger partial charge in [0.1, 0.15) is 11.5 Å². The van der Waals surface area contributed by atoms with Crippen molar-refractivity contribution in [1.29, 1.82) is 0 Å². The maximum absolute atomic E-state index is 13.8. The van der Waals surface area contributed by atoms with Crippen LogP contribution in [0.5, 0.6) is 0 Å². The largest absolute Gasteiger partial charge is 0.410 e. The van der Waals surface area contributed by atoms with Crippen molar-refractivity contribution in [2.24, 2.45) is 5.41 Å². The van der Waals surface area contributed by atoms with Crippen molar-refractivity contribution < 1.29 is 18.0 Å². The maximum Gasteiger partial charge on any atom is 0.410 e. The number of hydrogen-bond donors (Lipinski definition) is 1. The van der Waals surface area contributed by atoms with Gasteiger partial charge in [-0.1, -0.05) is 26.8 Å². The summed E-state index contributed by atoms with van der Waals surface area (Å²) in [5.74, 6) is 0.333. The molecule has 6 nitrogen and oxygen atoms in total. The molecule has 2 aromatic heterocycles. The SMILES string of the molecule is CC(C)(C)[C@@H]1C[C@H](C(F)(F)F)n2nc(C3CCN(C(=O)c4ccccn4)CC3)cc2N1. The van der Waals surface area contributed by atoms with E-state index in [0.717, 1.165) is 4.68 Å². The molecule has 0 spiro atoms. The number of carbonyl (C=O) groups excluding carboxylic acids is 1. The Kier molecular flexibility index (Phi) is 5.47. The van der Waals surface area contributed by atoms with Crippen molar-refractivity contribution in [3.63, 3.8) is 0 Å². The molecule has 1 N–H and O–H groups in total. The van der Waals surface area contributed by atoms with Crippen LogP contribution in [0.2, 0.25) is 0 Å². The average Bonchev–Trinajstić information content (AvgIpc) is 3.16. The number of rotatable bonds is 2. The van der Waals surface area contributed by atoms with Gasteiger partial charge in [-0.2, -0.15) is 18.3 Å². The first-order chi connectivity index (χ1) is 14.5. The number of anilines is 1. The molecule has 4 rings (SSSR count). The standard InChI is InChI=1S/C22H28F3N5O/c1-21(2,3)17-13-18(22(23,24)25)30-19(27-17)12-16(28-30)14-7-10-29(11-8-14)20(31)15-6-4-5-9-26-15/h4-6,9,12,14,17-18,27H,7-8,10-11,13H2,1-3H3/t17-,18+/m0/s1. The number of halogens is 3. The predicted molar refractivity (Wildman–Crippen MR) is 111 cm³/mol. The summed E-state index contributed by atoms with van der Waals surface area (Å²) in [5, 5.41) is 7.66. The fourth-order valence-corrected chi connectivity index (χ4v) is 4.39. The second-order valence-corrected chi connectivity index (χ2v) is 9.54. The maximum atomic E-state index is 13.8. The van der Waals surface area contributed by atoms with Gasteiger partial charge in [0.15, 0.2) is 6.04 Å². The van der Waals surface area contributed by atoms with Crippen LogP contribution in [0.25, 0.3) is 0 Å². The molecule has 4 heterocycles. The van der Waals surface area contributed by atoms with E-state index < -0.39 is 12.2 Å². The molecule has 0 aliphatic carbocycles. The molecule has 0 bridgehead atoms. The van der Waals surface area contributed by atoms with Crippen molar-refractivity contribution in [3.05, 3.63) is 41.9 Å². The van der Waals surface area contributed by atoms with Gasteiger partial charge in [-0.25, -0.2) is 4.68 Å².